The number of nitrogens with zero attached hydrogens (tertiary/aromatic N) is 1. The molecular weight excluding hydrogens is 290 g/mol. The molecule has 1 aliphatic heterocycles. The highest BCUT2D eigenvalue weighted by Gasteiger charge is 2.45. The standard InChI is InChI=1S/C15H27N3O2.ClH/c1-2-15(6-4-7-15)14(20)18-10-3-5-12(11-18)13(19)17-9-8-16;/h12H,2-11,16H2,1H3,(H,17,19);1H. The molecule has 0 spiro atoms. The monoisotopic (exact) mass is 317 g/mol. The first kappa shape index (κ1) is 18.2. The van der Waals surface area contributed by atoms with Crippen molar-refractivity contribution in [1.82, 2.24) is 10.2 Å². The maximum Gasteiger partial charge on any atom is 0.228 e. The Morgan fingerprint density at radius 2 is 2.05 bits per heavy atom. The molecule has 1 saturated carbocycles. The maximum atomic E-state index is 12.7. The fraction of sp³-hybridized carbons (Fsp3) is 0.867. The van der Waals surface area contributed by atoms with Gasteiger partial charge < -0.3 is 16.0 Å². The second kappa shape index (κ2) is 7.99. The van der Waals surface area contributed by atoms with Crippen LogP contribution in [-0.2, 0) is 9.59 Å². The van der Waals surface area contributed by atoms with Gasteiger partial charge in [-0.2, -0.15) is 0 Å². The van der Waals surface area contributed by atoms with Gasteiger partial charge in [0.15, 0.2) is 0 Å². The number of hydrogen-bond acceptors (Lipinski definition) is 3. The van der Waals surface area contributed by atoms with Crippen LogP contribution in [0.2, 0.25) is 0 Å². The summed E-state index contributed by atoms with van der Waals surface area (Å²) in [4.78, 5) is 26.6. The summed E-state index contributed by atoms with van der Waals surface area (Å²) in [6, 6.07) is 0. The molecule has 1 unspecified atom stereocenters. The molecular formula is C15H28ClN3O2. The quantitative estimate of drug-likeness (QED) is 0.802. The van der Waals surface area contributed by atoms with Gasteiger partial charge in [0.1, 0.15) is 0 Å². The molecule has 0 bridgehead atoms. The average molecular weight is 318 g/mol. The number of carbonyl (C=O) groups excluding carboxylic acids is 2. The minimum absolute atomic E-state index is 0. The number of halogens is 1. The smallest absolute Gasteiger partial charge is 0.228 e. The first-order valence-electron chi connectivity index (χ1n) is 7.90. The Labute approximate surface area is 133 Å². The Hall–Kier alpha value is -0.810. The third kappa shape index (κ3) is 3.89. The van der Waals surface area contributed by atoms with Crippen molar-refractivity contribution in [2.24, 2.45) is 17.1 Å². The Morgan fingerprint density at radius 1 is 1.33 bits per heavy atom. The van der Waals surface area contributed by atoms with E-state index in [1.54, 1.807) is 0 Å². The van der Waals surface area contributed by atoms with Crippen LogP contribution in [0.15, 0.2) is 0 Å². The van der Waals surface area contributed by atoms with Crippen molar-refractivity contribution in [2.45, 2.75) is 45.4 Å². The summed E-state index contributed by atoms with van der Waals surface area (Å²) < 4.78 is 0. The molecule has 2 rings (SSSR count). The van der Waals surface area contributed by atoms with Crippen LogP contribution in [0.3, 0.4) is 0 Å². The van der Waals surface area contributed by atoms with E-state index in [4.69, 9.17) is 5.73 Å². The van der Waals surface area contributed by atoms with Crippen molar-refractivity contribution in [3.05, 3.63) is 0 Å². The van der Waals surface area contributed by atoms with Gasteiger partial charge in [-0.3, -0.25) is 9.59 Å². The van der Waals surface area contributed by atoms with E-state index in [-0.39, 0.29) is 35.6 Å². The highest BCUT2D eigenvalue weighted by Crippen LogP contribution is 2.45. The zero-order valence-electron chi connectivity index (χ0n) is 12.9. The van der Waals surface area contributed by atoms with Crippen molar-refractivity contribution >= 4 is 24.2 Å². The van der Waals surface area contributed by atoms with E-state index >= 15 is 0 Å². The lowest BCUT2D eigenvalue weighted by Gasteiger charge is -2.45. The topological polar surface area (TPSA) is 75.4 Å². The lowest BCUT2D eigenvalue weighted by atomic mass is 9.66. The third-order valence-corrected chi connectivity index (χ3v) is 4.96. The highest BCUT2D eigenvalue weighted by molar-refractivity contribution is 5.85. The van der Waals surface area contributed by atoms with Crippen LogP contribution < -0.4 is 11.1 Å². The van der Waals surface area contributed by atoms with Gasteiger partial charge in [0, 0.05) is 31.6 Å². The minimum atomic E-state index is -0.115. The third-order valence-electron chi connectivity index (χ3n) is 4.96. The summed E-state index contributed by atoms with van der Waals surface area (Å²) in [7, 11) is 0. The molecule has 2 amide bonds. The molecule has 0 radical (unpaired) electrons. The predicted octanol–water partition coefficient (Wildman–Crippen LogP) is 1.30. The molecule has 0 aromatic carbocycles. The van der Waals surface area contributed by atoms with Gasteiger partial charge in [0.2, 0.25) is 11.8 Å². The molecule has 1 atom stereocenters. The van der Waals surface area contributed by atoms with Crippen molar-refractivity contribution in [1.29, 1.82) is 0 Å². The SMILES string of the molecule is CCC1(C(=O)N2CCCC(C(=O)NCCN)C2)CCC1.Cl. The number of nitrogens with two attached hydrogens (primary N) is 1. The van der Waals surface area contributed by atoms with E-state index in [0.29, 0.717) is 19.6 Å². The number of amides is 2. The van der Waals surface area contributed by atoms with E-state index in [1.807, 2.05) is 4.90 Å². The van der Waals surface area contributed by atoms with Crippen LogP contribution >= 0.6 is 12.4 Å². The molecule has 1 aliphatic carbocycles. The van der Waals surface area contributed by atoms with Crippen LogP contribution in [0.4, 0.5) is 0 Å². The number of hydrogen-bond donors (Lipinski definition) is 2. The zero-order valence-corrected chi connectivity index (χ0v) is 13.7. The molecule has 122 valence electrons. The van der Waals surface area contributed by atoms with Gasteiger partial charge in [-0.25, -0.2) is 0 Å². The Morgan fingerprint density at radius 3 is 2.57 bits per heavy atom. The van der Waals surface area contributed by atoms with Crippen LogP contribution in [0.25, 0.3) is 0 Å². The molecule has 2 fully saturated rings. The van der Waals surface area contributed by atoms with Crippen LogP contribution in [0, 0.1) is 11.3 Å². The summed E-state index contributed by atoms with van der Waals surface area (Å²) in [6.07, 6.45) is 5.91. The Balaban J connectivity index is 0.00000220. The maximum absolute atomic E-state index is 12.7. The predicted molar refractivity (Wildman–Crippen MR) is 85.2 cm³/mol. The van der Waals surface area contributed by atoms with Gasteiger partial charge >= 0.3 is 0 Å². The number of nitrogens with one attached hydrogen (secondary N) is 1. The second-order valence-corrected chi connectivity index (χ2v) is 6.16. The summed E-state index contributed by atoms with van der Waals surface area (Å²) >= 11 is 0. The molecule has 0 aromatic heterocycles. The van der Waals surface area contributed by atoms with E-state index < -0.39 is 0 Å². The molecule has 1 saturated heterocycles. The Bertz CT molecular complexity index is 366. The first-order chi connectivity index (χ1) is 9.63. The second-order valence-electron chi connectivity index (χ2n) is 6.16. The molecule has 5 nitrogen and oxygen atoms in total. The van der Waals surface area contributed by atoms with Crippen molar-refractivity contribution in [3.8, 4) is 0 Å². The van der Waals surface area contributed by atoms with Gasteiger partial charge in [0.05, 0.1) is 5.92 Å². The van der Waals surface area contributed by atoms with Crippen molar-refractivity contribution in [3.63, 3.8) is 0 Å². The van der Waals surface area contributed by atoms with Crippen molar-refractivity contribution in [2.75, 3.05) is 26.2 Å². The molecule has 2 aliphatic rings. The van der Waals surface area contributed by atoms with Gasteiger partial charge in [0.25, 0.3) is 0 Å². The van der Waals surface area contributed by atoms with Crippen LogP contribution in [0.5, 0.6) is 0 Å². The fourth-order valence-corrected chi connectivity index (χ4v) is 3.37. The van der Waals surface area contributed by atoms with E-state index in [0.717, 1.165) is 45.1 Å². The van der Waals surface area contributed by atoms with Crippen molar-refractivity contribution < 1.29 is 9.59 Å². The highest BCUT2D eigenvalue weighted by atomic mass is 35.5. The number of piperidine rings is 1. The number of rotatable bonds is 5. The number of carbonyl (C=O) groups is 2. The molecule has 21 heavy (non-hydrogen) atoms. The lowest BCUT2D eigenvalue weighted by Crippen LogP contribution is -2.52. The Kier molecular flexibility index (Phi) is 6.94. The zero-order chi connectivity index (χ0) is 14.6. The fourth-order valence-electron chi connectivity index (χ4n) is 3.37. The normalized spacial score (nSPS) is 23.7. The van der Waals surface area contributed by atoms with E-state index in [1.165, 1.54) is 0 Å². The van der Waals surface area contributed by atoms with Crippen LogP contribution in [-0.4, -0.2) is 42.9 Å². The summed E-state index contributed by atoms with van der Waals surface area (Å²) in [5.41, 5.74) is 5.29. The van der Waals surface area contributed by atoms with Gasteiger partial charge in [-0.05, 0) is 32.1 Å². The van der Waals surface area contributed by atoms with E-state index in [2.05, 4.69) is 12.2 Å². The first-order valence-corrected chi connectivity index (χ1v) is 7.90. The summed E-state index contributed by atoms with van der Waals surface area (Å²) in [5.74, 6) is 0.267. The summed E-state index contributed by atoms with van der Waals surface area (Å²) in [5, 5.41) is 2.84. The lowest BCUT2D eigenvalue weighted by molar-refractivity contribution is -0.150. The number of likely N-dealkylation sites (tertiary alicyclic amines) is 1. The molecule has 0 aromatic rings. The largest absolute Gasteiger partial charge is 0.355 e. The van der Waals surface area contributed by atoms with Gasteiger partial charge in [-0.15, -0.1) is 12.4 Å². The summed E-state index contributed by atoms with van der Waals surface area (Å²) in [6.45, 7) is 4.47. The molecule has 1 heterocycles. The molecule has 6 heteroatoms. The van der Waals surface area contributed by atoms with Gasteiger partial charge in [-0.1, -0.05) is 13.3 Å². The van der Waals surface area contributed by atoms with E-state index in [9.17, 15) is 9.59 Å². The van der Waals surface area contributed by atoms with Crippen LogP contribution in [0.1, 0.15) is 45.4 Å². The molecule has 3 N–H and O–H groups in total. The minimum Gasteiger partial charge on any atom is -0.355 e. The average Bonchev–Trinajstić information content (AvgIpc) is 2.44.